The summed E-state index contributed by atoms with van der Waals surface area (Å²) in [6.07, 6.45) is 0. The van der Waals surface area contributed by atoms with E-state index in [1.54, 1.807) is 24.3 Å². The van der Waals surface area contributed by atoms with E-state index in [0.29, 0.717) is 30.0 Å². The third kappa shape index (κ3) is 5.32. The third-order valence-electron chi connectivity index (χ3n) is 5.56. The van der Waals surface area contributed by atoms with E-state index in [0.717, 1.165) is 28.3 Å². The molecule has 0 unspecified atom stereocenters. The number of hydrogen-bond acceptors (Lipinski definition) is 4. The summed E-state index contributed by atoms with van der Waals surface area (Å²) in [6, 6.07) is 24.0. The molecule has 0 fully saturated rings. The Kier molecular flexibility index (Phi) is 6.73. The molecule has 0 spiro atoms. The highest BCUT2D eigenvalue weighted by Crippen LogP contribution is 2.22. The van der Waals surface area contributed by atoms with Crippen molar-refractivity contribution >= 4 is 17.5 Å². The van der Waals surface area contributed by atoms with E-state index in [4.69, 9.17) is 10.5 Å². The minimum absolute atomic E-state index is 0.202. The maximum atomic E-state index is 12.9. The van der Waals surface area contributed by atoms with Crippen molar-refractivity contribution in [2.24, 2.45) is 5.73 Å². The lowest BCUT2D eigenvalue weighted by atomic mass is 10.1. The molecule has 0 saturated heterocycles. The highest BCUT2D eigenvalue weighted by atomic mass is 16.5. The molecule has 3 N–H and O–H groups in total. The Morgan fingerprint density at radius 3 is 2.15 bits per heavy atom. The third-order valence-corrected chi connectivity index (χ3v) is 5.56. The zero-order valence-corrected chi connectivity index (χ0v) is 19.1. The number of benzene rings is 3. The SMILES string of the molecule is Cc1nn(Cc2ccc(C(N)=O)cc2)c(C)c1NC(=O)c1ccc(COc2ccccc2)cc1. The first-order chi connectivity index (χ1) is 16.4. The lowest BCUT2D eigenvalue weighted by Crippen LogP contribution is -2.13. The first kappa shape index (κ1) is 22.8. The number of primary amides is 1. The molecule has 2 amide bonds. The predicted molar refractivity (Wildman–Crippen MR) is 131 cm³/mol. The number of carbonyl (C=O) groups excluding carboxylic acids is 2. The van der Waals surface area contributed by atoms with Crippen molar-refractivity contribution in [3.05, 3.63) is 113 Å². The van der Waals surface area contributed by atoms with E-state index >= 15 is 0 Å². The van der Waals surface area contributed by atoms with Crippen LogP contribution in [-0.4, -0.2) is 21.6 Å². The normalized spacial score (nSPS) is 10.6. The van der Waals surface area contributed by atoms with Crippen molar-refractivity contribution in [2.45, 2.75) is 27.0 Å². The van der Waals surface area contributed by atoms with Crippen LogP contribution in [0, 0.1) is 13.8 Å². The summed E-state index contributed by atoms with van der Waals surface area (Å²) in [5.41, 5.74) is 10.5. The van der Waals surface area contributed by atoms with Gasteiger partial charge in [0.1, 0.15) is 12.4 Å². The van der Waals surface area contributed by atoms with Crippen molar-refractivity contribution in [3.63, 3.8) is 0 Å². The zero-order valence-electron chi connectivity index (χ0n) is 19.1. The van der Waals surface area contributed by atoms with Crippen LogP contribution in [-0.2, 0) is 13.2 Å². The van der Waals surface area contributed by atoms with Gasteiger partial charge in [0.2, 0.25) is 5.91 Å². The molecule has 4 rings (SSSR count). The molecule has 0 radical (unpaired) electrons. The van der Waals surface area contributed by atoms with Gasteiger partial charge in [-0.05, 0) is 61.4 Å². The highest BCUT2D eigenvalue weighted by Gasteiger charge is 2.16. The summed E-state index contributed by atoms with van der Waals surface area (Å²) in [4.78, 5) is 24.1. The van der Waals surface area contributed by atoms with Gasteiger partial charge in [-0.2, -0.15) is 5.10 Å². The number of nitrogens with one attached hydrogen (secondary N) is 1. The molecule has 0 aliphatic carbocycles. The Balaban J connectivity index is 1.40. The minimum Gasteiger partial charge on any atom is -0.489 e. The van der Waals surface area contributed by atoms with Gasteiger partial charge in [0.25, 0.3) is 5.91 Å². The molecule has 7 heteroatoms. The van der Waals surface area contributed by atoms with Crippen LogP contribution >= 0.6 is 0 Å². The van der Waals surface area contributed by atoms with Crippen LogP contribution in [0.1, 0.15) is 43.2 Å². The molecular formula is C27H26N4O3. The van der Waals surface area contributed by atoms with Crippen molar-refractivity contribution in [3.8, 4) is 5.75 Å². The summed E-state index contributed by atoms with van der Waals surface area (Å²) < 4.78 is 7.58. The average molecular weight is 455 g/mol. The van der Waals surface area contributed by atoms with E-state index in [-0.39, 0.29) is 5.91 Å². The summed E-state index contributed by atoms with van der Waals surface area (Å²) in [5, 5.41) is 7.56. The molecule has 0 saturated carbocycles. The van der Waals surface area contributed by atoms with Crippen LogP contribution in [0.3, 0.4) is 0 Å². The molecule has 4 aromatic rings. The Morgan fingerprint density at radius 2 is 1.50 bits per heavy atom. The topological polar surface area (TPSA) is 99.2 Å². The Morgan fingerprint density at radius 1 is 0.882 bits per heavy atom. The van der Waals surface area contributed by atoms with Gasteiger partial charge in [0.05, 0.1) is 23.6 Å². The van der Waals surface area contributed by atoms with Gasteiger partial charge in [-0.3, -0.25) is 14.3 Å². The number of aromatic nitrogens is 2. The average Bonchev–Trinajstić information content (AvgIpc) is 3.11. The second kappa shape index (κ2) is 10.0. The van der Waals surface area contributed by atoms with Gasteiger partial charge in [-0.1, -0.05) is 42.5 Å². The quantitative estimate of drug-likeness (QED) is 0.410. The smallest absolute Gasteiger partial charge is 0.255 e. The van der Waals surface area contributed by atoms with E-state index in [2.05, 4.69) is 10.4 Å². The van der Waals surface area contributed by atoms with E-state index in [9.17, 15) is 9.59 Å². The first-order valence-corrected chi connectivity index (χ1v) is 10.9. The van der Waals surface area contributed by atoms with Crippen molar-refractivity contribution in [1.29, 1.82) is 0 Å². The summed E-state index contributed by atoms with van der Waals surface area (Å²) in [5.74, 6) is 0.141. The number of hydrogen-bond donors (Lipinski definition) is 2. The molecular weight excluding hydrogens is 428 g/mol. The van der Waals surface area contributed by atoms with Crippen LogP contribution < -0.4 is 15.8 Å². The van der Waals surface area contributed by atoms with E-state index in [1.807, 2.05) is 73.1 Å². The number of para-hydroxylation sites is 1. The zero-order chi connectivity index (χ0) is 24.1. The number of nitrogens with two attached hydrogens (primary N) is 1. The Bertz CT molecular complexity index is 1290. The number of amides is 2. The Labute approximate surface area is 198 Å². The van der Waals surface area contributed by atoms with Gasteiger partial charge >= 0.3 is 0 Å². The predicted octanol–water partition coefficient (Wildman–Crippen LogP) is 4.48. The highest BCUT2D eigenvalue weighted by molar-refractivity contribution is 6.04. The van der Waals surface area contributed by atoms with Crippen LogP contribution in [0.5, 0.6) is 5.75 Å². The van der Waals surface area contributed by atoms with E-state index < -0.39 is 5.91 Å². The molecule has 0 aliphatic heterocycles. The van der Waals surface area contributed by atoms with Crippen molar-refractivity contribution < 1.29 is 14.3 Å². The fourth-order valence-corrected chi connectivity index (χ4v) is 3.60. The summed E-state index contributed by atoms with van der Waals surface area (Å²) in [6.45, 7) is 4.71. The van der Waals surface area contributed by atoms with Gasteiger partial charge in [-0.25, -0.2) is 0 Å². The molecule has 0 aliphatic rings. The maximum Gasteiger partial charge on any atom is 0.255 e. The Hall–Kier alpha value is -4.39. The number of anilines is 1. The lowest BCUT2D eigenvalue weighted by Gasteiger charge is -2.09. The summed E-state index contributed by atoms with van der Waals surface area (Å²) in [7, 11) is 0. The van der Waals surface area contributed by atoms with Crippen LogP contribution in [0.2, 0.25) is 0 Å². The van der Waals surface area contributed by atoms with Crippen LogP contribution in [0.25, 0.3) is 0 Å². The second-order valence-electron chi connectivity index (χ2n) is 8.02. The fourth-order valence-electron chi connectivity index (χ4n) is 3.60. The molecule has 1 heterocycles. The lowest BCUT2D eigenvalue weighted by molar-refractivity contribution is 0.0997. The molecule has 3 aromatic carbocycles. The standard InChI is InChI=1S/C27H26N4O3/c1-18-25(19(2)31(30-18)16-20-8-12-22(13-9-20)26(28)32)29-27(33)23-14-10-21(11-15-23)17-34-24-6-4-3-5-7-24/h3-15H,16-17H2,1-2H3,(H2,28,32)(H,29,33). The van der Waals surface area contributed by atoms with Crippen molar-refractivity contribution in [2.75, 3.05) is 5.32 Å². The number of aryl methyl sites for hydroxylation is 1. The molecule has 172 valence electrons. The molecule has 34 heavy (non-hydrogen) atoms. The van der Waals surface area contributed by atoms with Gasteiger partial charge < -0.3 is 15.8 Å². The van der Waals surface area contributed by atoms with Gasteiger partial charge in [0, 0.05) is 11.1 Å². The van der Waals surface area contributed by atoms with Gasteiger partial charge in [0.15, 0.2) is 0 Å². The number of carbonyl (C=O) groups is 2. The van der Waals surface area contributed by atoms with Crippen LogP contribution in [0.15, 0.2) is 78.9 Å². The number of nitrogens with zero attached hydrogens (tertiary/aromatic N) is 2. The molecule has 0 bridgehead atoms. The first-order valence-electron chi connectivity index (χ1n) is 10.9. The second-order valence-corrected chi connectivity index (χ2v) is 8.02. The van der Waals surface area contributed by atoms with Crippen molar-refractivity contribution in [1.82, 2.24) is 9.78 Å². The summed E-state index contributed by atoms with van der Waals surface area (Å²) >= 11 is 0. The molecule has 1 aromatic heterocycles. The minimum atomic E-state index is -0.459. The monoisotopic (exact) mass is 454 g/mol. The number of ether oxygens (including phenoxy) is 1. The fraction of sp³-hybridized carbons (Fsp3) is 0.148. The molecule has 7 nitrogen and oxygen atoms in total. The van der Waals surface area contributed by atoms with Crippen LogP contribution in [0.4, 0.5) is 5.69 Å². The number of rotatable bonds is 8. The largest absolute Gasteiger partial charge is 0.489 e. The van der Waals surface area contributed by atoms with Gasteiger partial charge in [-0.15, -0.1) is 0 Å². The van der Waals surface area contributed by atoms with E-state index in [1.165, 1.54) is 0 Å². The molecule has 0 atom stereocenters. The maximum absolute atomic E-state index is 12.9.